The Morgan fingerprint density at radius 2 is 2.05 bits per heavy atom. The molecule has 5 heteroatoms. The van der Waals surface area contributed by atoms with E-state index in [0.29, 0.717) is 4.67 Å². The third-order valence-corrected chi connectivity index (χ3v) is 3.84. The van der Waals surface area contributed by atoms with Gasteiger partial charge in [0.25, 0.3) is 0 Å². The van der Waals surface area contributed by atoms with Gasteiger partial charge in [-0.25, -0.2) is 0 Å². The van der Waals surface area contributed by atoms with Gasteiger partial charge < -0.3 is 9.73 Å². The van der Waals surface area contributed by atoms with Crippen molar-refractivity contribution in [2.24, 2.45) is 0 Å². The van der Waals surface area contributed by atoms with Crippen LogP contribution in [0.1, 0.15) is 11.1 Å². The number of aromatic nitrogens is 1. The second kappa shape index (κ2) is 5.69. The number of carbonyl (C=O) groups is 1. The lowest BCUT2D eigenvalue weighted by Gasteiger charge is -2.04. The summed E-state index contributed by atoms with van der Waals surface area (Å²) in [5, 5.41) is 3.81. The van der Waals surface area contributed by atoms with Crippen molar-refractivity contribution in [3.05, 3.63) is 58.5 Å². The van der Waals surface area contributed by atoms with E-state index < -0.39 is 0 Å². The van der Waals surface area contributed by atoms with Gasteiger partial charge in [-0.2, -0.15) is 0 Å². The van der Waals surface area contributed by atoms with Gasteiger partial charge in [-0.1, -0.05) is 11.6 Å². The number of halogens is 1. The van der Waals surface area contributed by atoms with Gasteiger partial charge in [-0.15, -0.1) is 0 Å². The van der Waals surface area contributed by atoms with Crippen LogP contribution in [0.5, 0.6) is 0 Å². The summed E-state index contributed by atoms with van der Waals surface area (Å²) in [6, 6.07) is 9.44. The molecule has 0 atom stereocenters. The molecule has 1 amide bonds. The molecule has 106 valence electrons. The van der Waals surface area contributed by atoms with Crippen LogP contribution in [0.15, 0.2) is 51.8 Å². The minimum atomic E-state index is -0.0916. The van der Waals surface area contributed by atoms with E-state index in [0.717, 1.165) is 27.8 Å². The molecule has 0 fully saturated rings. The molecule has 3 aromatic rings. The lowest BCUT2D eigenvalue weighted by molar-refractivity contribution is -0.115. The SMILES string of the molecule is Cc1ccc2oc(Br)c(CC(=O)Nc3ccncc3)c2c1. The average molecular weight is 345 g/mol. The third kappa shape index (κ3) is 2.97. The maximum Gasteiger partial charge on any atom is 0.228 e. The van der Waals surface area contributed by atoms with E-state index in [2.05, 4.69) is 26.2 Å². The number of hydrogen-bond acceptors (Lipinski definition) is 3. The summed E-state index contributed by atoms with van der Waals surface area (Å²) in [6.45, 7) is 2.02. The highest BCUT2D eigenvalue weighted by molar-refractivity contribution is 9.10. The van der Waals surface area contributed by atoms with Gasteiger partial charge >= 0.3 is 0 Å². The van der Waals surface area contributed by atoms with Gasteiger partial charge in [0.1, 0.15) is 5.58 Å². The van der Waals surface area contributed by atoms with Crippen molar-refractivity contribution in [2.75, 3.05) is 5.32 Å². The van der Waals surface area contributed by atoms with Crippen molar-refractivity contribution in [2.45, 2.75) is 13.3 Å². The molecule has 1 aromatic carbocycles. The first-order chi connectivity index (χ1) is 10.1. The molecule has 0 aliphatic carbocycles. The topological polar surface area (TPSA) is 55.1 Å². The molecule has 0 spiro atoms. The van der Waals surface area contributed by atoms with Crippen LogP contribution in [0.2, 0.25) is 0 Å². The summed E-state index contributed by atoms with van der Waals surface area (Å²) in [6.07, 6.45) is 3.53. The standard InChI is InChI=1S/C16H13BrN2O2/c1-10-2-3-14-12(8-10)13(16(17)21-14)9-15(20)19-11-4-6-18-7-5-11/h2-8H,9H2,1H3,(H,18,19,20). The summed E-state index contributed by atoms with van der Waals surface area (Å²) in [4.78, 5) is 16.1. The Kier molecular flexibility index (Phi) is 3.75. The highest BCUT2D eigenvalue weighted by atomic mass is 79.9. The Bertz CT molecular complexity index is 797. The van der Waals surface area contributed by atoms with E-state index in [4.69, 9.17) is 4.42 Å². The van der Waals surface area contributed by atoms with E-state index in [-0.39, 0.29) is 12.3 Å². The van der Waals surface area contributed by atoms with Gasteiger partial charge in [-0.05, 0) is 47.1 Å². The van der Waals surface area contributed by atoms with E-state index in [9.17, 15) is 4.79 Å². The van der Waals surface area contributed by atoms with Gasteiger partial charge in [0, 0.05) is 29.0 Å². The van der Waals surface area contributed by atoms with Gasteiger partial charge in [0.2, 0.25) is 5.91 Å². The fourth-order valence-electron chi connectivity index (χ4n) is 2.20. The molecule has 0 bridgehead atoms. The second-order valence-corrected chi connectivity index (χ2v) is 5.54. The zero-order valence-corrected chi connectivity index (χ0v) is 13.0. The summed E-state index contributed by atoms with van der Waals surface area (Å²) < 4.78 is 6.24. The minimum Gasteiger partial charge on any atom is -0.449 e. The van der Waals surface area contributed by atoms with Crippen molar-refractivity contribution in [1.29, 1.82) is 0 Å². The number of fused-ring (bicyclic) bond motifs is 1. The zero-order chi connectivity index (χ0) is 14.8. The van der Waals surface area contributed by atoms with Gasteiger partial charge in [-0.3, -0.25) is 9.78 Å². The molecular formula is C16H13BrN2O2. The fraction of sp³-hybridized carbons (Fsp3) is 0.125. The minimum absolute atomic E-state index is 0.0916. The van der Waals surface area contributed by atoms with Crippen LogP contribution >= 0.6 is 15.9 Å². The van der Waals surface area contributed by atoms with Crippen LogP contribution in [0.25, 0.3) is 11.0 Å². The van der Waals surface area contributed by atoms with Crippen LogP contribution in [-0.4, -0.2) is 10.9 Å². The predicted molar refractivity (Wildman–Crippen MR) is 85.2 cm³/mol. The van der Waals surface area contributed by atoms with Crippen LogP contribution in [-0.2, 0) is 11.2 Å². The quantitative estimate of drug-likeness (QED) is 0.778. The summed E-state index contributed by atoms with van der Waals surface area (Å²) in [7, 11) is 0. The number of benzene rings is 1. The molecule has 0 saturated heterocycles. The molecule has 2 heterocycles. The molecule has 3 rings (SSSR count). The van der Waals surface area contributed by atoms with Crippen molar-refractivity contribution in [3.63, 3.8) is 0 Å². The smallest absolute Gasteiger partial charge is 0.228 e. The van der Waals surface area contributed by atoms with E-state index in [1.165, 1.54) is 0 Å². The largest absolute Gasteiger partial charge is 0.449 e. The molecule has 0 unspecified atom stereocenters. The molecule has 0 radical (unpaired) electrons. The highest BCUT2D eigenvalue weighted by Crippen LogP contribution is 2.31. The molecule has 0 saturated carbocycles. The zero-order valence-electron chi connectivity index (χ0n) is 11.4. The number of aryl methyl sites for hydroxylation is 1. The van der Waals surface area contributed by atoms with E-state index >= 15 is 0 Å². The highest BCUT2D eigenvalue weighted by Gasteiger charge is 2.15. The number of amides is 1. The molecule has 0 aliphatic heterocycles. The molecule has 2 aromatic heterocycles. The first-order valence-corrected chi connectivity index (χ1v) is 7.30. The first kappa shape index (κ1) is 13.8. The van der Waals surface area contributed by atoms with E-state index in [1.807, 2.05) is 25.1 Å². The number of hydrogen-bond donors (Lipinski definition) is 1. The maximum atomic E-state index is 12.2. The molecule has 0 aliphatic rings. The van der Waals surface area contributed by atoms with Crippen LogP contribution in [0.4, 0.5) is 5.69 Å². The maximum absolute atomic E-state index is 12.2. The molecular weight excluding hydrogens is 332 g/mol. The normalized spacial score (nSPS) is 10.8. The number of carbonyl (C=O) groups excluding carboxylic acids is 1. The number of pyridine rings is 1. The summed E-state index contributed by atoms with van der Waals surface area (Å²) in [5.74, 6) is -0.0916. The number of rotatable bonds is 3. The van der Waals surface area contributed by atoms with Crippen LogP contribution in [0, 0.1) is 6.92 Å². The first-order valence-electron chi connectivity index (χ1n) is 6.51. The fourth-order valence-corrected chi connectivity index (χ4v) is 2.73. The number of nitrogens with one attached hydrogen (secondary N) is 1. The Morgan fingerprint density at radius 1 is 1.29 bits per heavy atom. The molecule has 4 nitrogen and oxygen atoms in total. The van der Waals surface area contributed by atoms with Crippen LogP contribution < -0.4 is 5.32 Å². The third-order valence-electron chi connectivity index (χ3n) is 3.20. The average Bonchev–Trinajstić information content (AvgIpc) is 2.76. The lowest BCUT2D eigenvalue weighted by atomic mass is 10.1. The number of furan rings is 1. The van der Waals surface area contributed by atoms with Crippen LogP contribution in [0.3, 0.4) is 0 Å². The van der Waals surface area contributed by atoms with Gasteiger partial charge in [0.05, 0.1) is 6.42 Å². The van der Waals surface area contributed by atoms with Crippen molar-refractivity contribution in [1.82, 2.24) is 4.98 Å². The summed E-state index contributed by atoms with van der Waals surface area (Å²) >= 11 is 3.39. The monoisotopic (exact) mass is 344 g/mol. The van der Waals surface area contributed by atoms with Crippen molar-refractivity contribution >= 4 is 38.5 Å². The van der Waals surface area contributed by atoms with Gasteiger partial charge in [0.15, 0.2) is 4.67 Å². The Labute approximate surface area is 130 Å². The number of anilines is 1. The summed E-state index contributed by atoms with van der Waals surface area (Å²) in [5.41, 5.74) is 3.50. The Balaban J connectivity index is 1.86. The van der Waals surface area contributed by atoms with Crippen molar-refractivity contribution < 1.29 is 9.21 Å². The Morgan fingerprint density at radius 3 is 2.81 bits per heavy atom. The predicted octanol–water partition coefficient (Wildman–Crippen LogP) is 4.08. The van der Waals surface area contributed by atoms with E-state index in [1.54, 1.807) is 24.5 Å². The number of nitrogens with zero attached hydrogens (tertiary/aromatic N) is 1. The Hall–Kier alpha value is -2.14. The van der Waals surface area contributed by atoms with Crippen molar-refractivity contribution in [3.8, 4) is 0 Å². The second-order valence-electron chi connectivity index (χ2n) is 4.81. The lowest BCUT2D eigenvalue weighted by Crippen LogP contribution is -2.14. The molecule has 1 N–H and O–H groups in total. The molecule has 21 heavy (non-hydrogen) atoms.